The molecule has 0 saturated heterocycles. The minimum Gasteiger partial charge on any atom is -0.234 e. The van der Waals surface area contributed by atoms with Crippen LogP contribution in [0.4, 0.5) is 57.1 Å². The molecule has 0 amide bonds. The molecule has 0 aromatic rings. The number of halogens is 13. The predicted octanol–water partition coefficient (Wildman–Crippen LogP) is 4.34. The Labute approximate surface area is 123 Å². The first-order valence-corrected chi connectivity index (χ1v) is 5.40. The Balaban J connectivity index is 6.11. The summed E-state index contributed by atoms with van der Waals surface area (Å²) in [6.45, 7) is -2.10. The minimum absolute atomic E-state index is 2.10. The topological polar surface area (TPSA) is 39.8 Å². The Kier molecular flexibility index (Phi) is 5.82. The smallest absolute Gasteiger partial charge is 0.234 e. The lowest BCUT2D eigenvalue weighted by Gasteiger charge is -2.39. The van der Waals surface area contributed by atoms with Gasteiger partial charge in [0, 0.05) is 6.42 Å². The van der Waals surface area contributed by atoms with Crippen molar-refractivity contribution in [3.8, 4) is 0 Å². The van der Waals surface area contributed by atoms with Gasteiger partial charge in [0.15, 0.2) is 0 Å². The van der Waals surface area contributed by atoms with Gasteiger partial charge < -0.3 is 0 Å². The van der Waals surface area contributed by atoms with Gasteiger partial charge in [0.2, 0.25) is 0 Å². The lowest BCUT2D eigenvalue weighted by molar-refractivity contribution is -0.441. The van der Waals surface area contributed by atoms with Crippen molar-refractivity contribution in [2.75, 3.05) is 6.61 Å². The van der Waals surface area contributed by atoms with E-state index < -0.39 is 54.9 Å². The quantitative estimate of drug-likeness (QED) is 0.579. The SMILES string of the molecule is [O]CC([O])CC(F)(F)C(F)(F)C(F)(F)C(F)(F)C(F)(F)C(F)(F)F. The Bertz CT molecular complexity index is 441. The summed E-state index contributed by atoms with van der Waals surface area (Å²) in [4.78, 5) is 0. The van der Waals surface area contributed by atoms with Crippen LogP contribution in [0.1, 0.15) is 6.42 Å². The average Bonchev–Trinajstić information content (AvgIpc) is 2.35. The lowest BCUT2D eigenvalue weighted by atomic mass is 9.91. The maximum Gasteiger partial charge on any atom is 0.460 e. The second-order valence-electron chi connectivity index (χ2n) is 4.49. The monoisotopic (exact) mass is 392 g/mol. The van der Waals surface area contributed by atoms with Crippen molar-refractivity contribution in [3.63, 3.8) is 0 Å². The molecule has 2 radical (unpaired) electrons. The van der Waals surface area contributed by atoms with Crippen LogP contribution in [0.2, 0.25) is 0 Å². The van der Waals surface area contributed by atoms with E-state index in [0.29, 0.717) is 0 Å². The summed E-state index contributed by atoms with van der Waals surface area (Å²) in [6, 6.07) is 0. The second-order valence-corrected chi connectivity index (χ2v) is 4.49. The molecule has 2 nitrogen and oxygen atoms in total. The summed E-state index contributed by atoms with van der Waals surface area (Å²) in [5.74, 6) is -37.7. The van der Waals surface area contributed by atoms with Crippen molar-refractivity contribution in [1.29, 1.82) is 0 Å². The van der Waals surface area contributed by atoms with Crippen LogP contribution in [0.5, 0.6) is 0 Å². The van der Waals surface area contributed by atoms with E-state index in [1.54, 1.807) is 0 Å². The molecule has 0 N–H and O–H groups in total. The van der Waals surface area contributed by atoms with Gasteiger partial charge >= 0.3 is 35.8 Å². The van der Waals surface area contributed by atoms with Gasteiger partial charge in [0.05, 0.1) is 0 Å². The fraction of sp³-hybridized carbons (Fsp3) is 1.00. The first kappa shape index (κ1) is 23.0. The fourth-order valence-corrected chi connectivity index (χ4v) is 1.28. The van der Waals surface area contributed by atoms with Crippen LogP contribution in [0, 0.1) is 0 Å². The standard InChI is InChI=1S/C9H5F13O2/c10-4(11,1-3(24)2-23)5(12,13)6(14,15)7(16,17)8(18,19)9(20,21)22/h3H,1-2H2. The molecular weight excluding hydrogens is 387 g/mol. The maximum atomic E-state index is 13.0. The van der Waals surface area contributed by atoms with Crippen molar-refractivity contribution >= 4 is 0 Å². The lowest BCUT2D eigenvalue weighted by Crippen LogP contribution is -2.70. The van der Waals surface area contributed by atoms with Crippen LogP contribution < -0.4 is 0 Å². The van der Waals surface area contributed by atoms with E-state index >= 15 is 0 Å². The number of hydrogen-bond donors (Lipinski definition) is 0. The molecule has 0 fully saturated rings. The summed E-state index contributed by atoms with van der Waals surface area (Å²) in [7, 11) is 0. The molecule has 0 aromatic carbocycles. The Morgan fingerprint density at radius 3 is 1.21 bits per heavy atom. The predicted molar refractivity (Wildman–Crippen MR) is 45.4 cm³/mol. The summed E-state index contributed by atoms with van der Waals surface area (Å²) >= 11 is 0. The zero-order valence-electron chi connectivity index (χ0n) is 10.7. The Morgan fingerprint density at radius 2 is 0.917 bits per heavy atom. The normalized spacial score (nSPS) is 17.1. The molecule has 0 aliphatic heterocycles. The van der Waals surface area contributed by atoms with E-state index in [0.717, 1.165) is 0 Å². The molecule has 15 heteroatoms. The largest absolute Gasteiger partial charge is 0.460 e. The summed E-state index contributed by atoms with van der Waals surface area (Å²) in [5, 5.41) is 20.3. The minimum atomic E-state index is -8.00. The molecule has 1 atom stereocenters. The molecule has 0 heterocycles. The van der Waals surface area contributed by atoms with Gasteiger partial charge in [-0.2, -0.15) is 57.1 Å². The van der Waals surface area contributed by atoms with Gasteiger partial charge in [-0.1, -0.05) is 0 Å². The Hall–Kier alpha value is -0.990. The zero-order valence-corrected chi connectivity index (χ0v) is 10.7. The summed E-state index contributed by atoms with van der Waals surface area (Å²) in [6.07, 6.45) is -13.7. The summed E-state index contributed by atoms with van der Waals surface area (Å²) in [5.41, 5.74) is 0. The Morgan fingerprint density at radius 1 is 0.583 bits per heavy atom. The third-order valence-corrected chi connectivity index (χ3v) is 2.67. The molecule has 0 aliphatic carbocycles. The summed E-state index contributed by atoms with van der Waals surface area (Å²) < 4.78 is 163. The average molecular weight is 392 g/mol. The highest BCUT2D eigenvalue weighted by molar-refractivity contribution is 5.10. The highest BCUT2D eigenvalue weighted by atomic mass is 19.4. The molecule has 0 spiro atoms. The van der Waals surface area contributed by atoms with E-state index in [4.69, 9.17) is 0 Å². The molecule has 0 saturated carbocycles. The van der Waals surface area contributed by atoms with E-state index in [1.165, 1.54) is 0 Å². The van der Waals surface area contributed by atoms with Gasteiger partial charge in [-0.25, -0.2) is 10.2 Å². The van der Waals surface area contributed by atoms with Crippen LogP contribution >= 0.6 is 0 Å². The van der Waals surface area contributed by atoms with E-state index in [2.05, 4.69) is 0 Å². The van der Waals surface area contributed by atoms with Gasteiger partial charge in [-0.3, -0.25) is 0 Å². The van der Waals surface area contributed by atoms with E-state index in [1.807, 2.05) is 0 Å². The van der Waals surface area contributed by atoms with Gasteiger partial charge in [-0.15, -0.1) is 0 Å². The van der Waals surface area contributed by atoms with Crippen molar-refractivity contribution in [1.82, 2.24) is 0 Å². The number of alkyl halides is 13. The number of rotatable bonds is 7. The fourth-order valence-electron chi connectivity index (χ4n) is 1.28. The molecule has 0 aliphatic rings. The number of hydrogen-bond acceptors (Lipinski definition) is 0. The van der Waals surface area contributed by atoms with Crippen molar-refractivity contribution in [2.24, 2.45) is 0 Å². The third kappa shape index (κ3) is 3.23. The first-order valence-electron chi connectivity index (χ1n) is 5.40. The molecule has 0 bridgehead atoms. The molecule has 0 rings (SSSR count). The second kappa shape index (κ2) is 6.07. The van der Waals surface area contributed by atoms with E-state index in [9.17, 15) is 67.3 Å². The van der Waals surface area contributed by atoms with Gasteiger partial charge in [0.1, 0.15) is 12.7 Å². The maximum absolute atomic E-state index is 13.0. The van der Waals surface area contributed by atoms with Crippen molar-refractivity contribution < 1.29 is 67.3 Å². The zero-order chi connectivity index (χ0) is 20.0. The third-order valence-electron chi connectivity index (χ3n) is 2.67. The van der Waals surface area contributed by atoms with Gasteiger partial charge in [-0.05, 0) is 0 Å². The van der Waals surface area contributed by atoms with Gasteiger partial charge in [0.25, 0.3) is 0 Å². The molecule has 144 valence electrons. The van der Waals surface area contributed by atoms with Crippen molar-refractivity contribution in [3.05, 3.63) is 0 Å². The van der Waals surface area contributed by atoms with Crippen LogP contribution in [0.15, 0.2) is 0 Å². The molecular formula is C9H5F13O2. The molecule has 24 heavy (non-hydrogen) atoms. The highest BCUT2D eigenvalue weighted by Crippen LogP contribution is 2.60. The van der Waals surface area contributed by atoms with Crippen molar-refractivity contribution in [2.45, 2.75) is 48.3 Å². The molecule has 0 aromatic heterocycles. The van der Waals surface area contributed by atoms with Crippen LogP contribution in [0.25, 0.3) is 0 Å². The molecule has 1 unspecified atom stereocenters. The highest BCUT2D eigenvalue weighted by Gasteiger charge is 2.90. The van der Waals surface area contributed by atoms with E-state index in [-0.39, 0.29) is 0 Å². The van der Waals surface area contributed by atoms with Crippen LogP contribution in [-0.4, -0.2) is 48.5 Å². The first-order chi connectivity index (χ1) is 10.2. The van der Waals surface area contributed by atoms with Crippen LogP contribution in [-0.2, 0) is 10.2 Å². The van der Waals surface area contributed by atoms with Crippen LogP contribution in [0.3, 0.4) is 0 Å².